The fraction of sp³-hybridized carbons (Fsp3) is 1.00. The van der Waals surface area contributed by atoms with Crippen molar-refractivity contribution < 1.29 is 0 Å². The number of hydrogen-bond acceptors (Lipinski definition) is 2. The number of piperidine rings is 1. The minimum absolute atomic E-state index is 0.724. The van der Waals surface area contributed by atoms with E-state index in [4.69, 9.17) is 0 Å². The van der Waals surface area contributed by atoms with Crippen LogP contribution in [0.5, 0.6) is 0 Å². The number of nitrogens with one attached hydrogen (secondary N) is 1. The minimum Gasteiger partial charge on any atom is -0.311 e. The van der Waals surface area contributed by atoms with Gasteiger partial charge in [-0.25, -0.2) is 0 Å². The Morgan fingerprint density at radius 2 is 1.50 bits per heavy atom. The Kier molecular flexibility index (Phi) is 5.50. The molecule has 0 bridgehead atoms. The molecule has 0 radical (unpaired) electrons. The van der Waals surface area contributed by atoms with Crippen molar-refractivity contribution in [1.29, 1.82) is 0 Å². The molecule has 1 aliphatic heterocycles. The van der Waals surface area contributed by atoms with Gasteiger partial charge in [0, 0.05) is 18.1 Å². The number of likely N-dealkylation sites (tertiary alicyclic amines) is 1. The molecule has 2 aliphatic rings. The number of rotatable bonds is 4. The van der Waals surface area contributed by atoms with Crippen molar-refractivity contribution in [2.75, 3.05) is 13.1 Å². The molecule has 0 amide bonds. The molecule has 1 atom stereocenters. The van der Waals surface area contributed by atoms with Gasteiger partial charge >= 0.3 is 0 Å². The van der Waals surface area contributed by atoms with Crippen LogP contribution < -0.4 is 5.32 Å². The summed E-state index contributed by atoms with van der Waals surface area (Å²) in [4.78, 5) is 2.61. The minimum atomic E-state index is 0.724. The monoisotopic (exact) mass is 252 g/mol. The average molecular weight is 252 g/mol. The largest absolute Gasteiger partial charge is 0.311 e. The van der Waals surface area contributed by atoms with E-state index in [-0.39, 0.29) is 0 Å². The predicted molar refractivity (Wildman–Crippen MR) is 78.9 cm³/mol. The zero-order valence-electron chi connectivity index (χ0n) is 12.6. The van der Waals surface area contributed by atoms with E-state index in [1.54, 1.807) is 0 Å². The van der Waals surface area contributed by atoms with E-state index >= 15 is 0 Å². The lowest BCUT2D eigenvalue weighted by Gasteiger charge is -2.38. The van der Waals surface area contributed by atoms with E-state index < -0.39 is 0 Å². The highest BCUT2D eigenvalue weighted by Gasteiger charge is 2.25. The van der Waals surface area contributed by atoms with E-state index in [0.717, 1.165) is 24.0 Å². The van der Waals surface area contributed by atoms with Gasteiger partial charge in [-0.1, -0.05) is 19.3 Å². The third kappa shape index (κ3) is 3.96. The van der Waals surface area contributed by atoms with Crippen LogP contribution in [0.15, 0.2) is 0 Å². The average Bonchev–Trinajstić information content (AvgIpc) is 2.40. The highest BCUT2D eigenvalue weighted by Crippen LogP contribution is 2.27. The van der Waals surface area contributed by atoms with E-state index in [0.29, 0.717) is 0 Å². The number of nitrogens with zero attached hydrogens (tertiary/aromatic N) is 1. The SMILES string of the molecule is CC(NC1CCN(C(C)C)CC1)C1CCCCC1. The van der Waals surface area contributed by atoms with E-state index in [1.165, 1.54) is 58.0 Å². The van der Waals surface area contributed by atoms with Gasteiger partial charge in [0.2, 0.25) is 0 Å². The van der Waals surface area contributed by atoms with Gasteiger partial charge in [0.15, 0.2) is 0 Å². The highest BCUT2D eigenvalue weighted by atomic mass is 15.2. The highest BCUT2D eigenvalue weighted by molar-refractivity contribution is 4.83. The van der Waals surface area contributed by atoms with Gasteiger partial charge in [0.25, 0.3) is 0 Å². The van der Waals surface area contributed by atoms with Gasteiger partial charge in [-0.2, -0.15) is 0 Å². The second-order valence-electron chi connectivity index (χ2n) is 6.76. The van der Waals surface area contributed by atoms with Crippen molar-refractivity contribution >= 4 is 0 Å². The molecular weight excluding hydrogens is 220 g/mol. The summed E-state index contributed by atoms with van der Waals surface area (Å²) in [6, 6.07) is 2.24. The maximum absolute atomic E-state index is 3.92. The molecule has 1 unspecified atom stereocenters. The summed E-state index contributed by atoms with van der Waals surface area (Å²) < 4.78 is 0. The third-order valence-electron chi connectivity index (χ3n) is 5.12. The second kappa shape index (κ2) is 6.91. The van der Waals surface area contributed by atoms with Crippen LogP contribution in [0.4, 0.5) is 0 Å². The van der Waals surface area contributed by atoms with Crippen LogP contribution in [0.1, 0.15) is 65.7 Å². The molecule has 0 aromatic rings. The summed E-state index contributed by atoms with van der Waals surface area (Å²) in [5.41, 5.74) is 0. The van der Waals surface area contributed by atoms with Crippen LogP contribution in [-0.2, 0) is 0 Å². The van der Waals surface area contributed by atoms with E-state index in [2.05, 4.69) is 31.0 Å². The van der Waals surface area contributed by atoms with Gasteiger partial charge in [0.05, 0.1) is 0 Å². The fourth-order valence-electron chi connectivity index (χ4n) is 3.72. The summed E-state index contributed by atoms with van der Waals surface area (Å²) in [6.07, 6.45) is 9.99. The molecular formula is C16H32N2. The van der Waals surface area contributed by atoms with Crippen molar-refractivity contribution in [2.45, 2.75) is 83.8 Å². The summed E-state index contributed by atoms with van der Waals surface area (Å²) in [7, 11) is 0. The van der Waals surface area contributed by atoms with Crippen molar-refractivity contribution in [3.05, 3.63) is 0 Å². The van der Waals surface area contributed by atoms with Crippen LogP contribution >= 0.6 is 0 Å². The van der Waals surface area contributed by atoms with Crippen molar-refractivity contribution in [3.63, 3.8) is 0 Å². The Hall–Kier alpha value is -0.0800. The van der Waals surface area contributed by atoms with E-state index in [9.17, 15) is 0 Å². The maximum Gasteiger partial charge on any atom is 0.00940 e. The smallest absolute Gasteiger partial charge is 0.00940 e. The zero-order valence-corrected chi connectivity index (χ0v) is 12.6. The van der Waals surface area contributed by atoms with Gasteiger partial charge in [0.1, 0.15) is 0 Å². The first-order valence-electron chi connectivity index (χ1n) is 8.17. The molecule has 2 fully saturated rings. The molecule has 18 heavy (non-hydrogen) atoms. The van der Waals surface area contributed by atoms with Gasteiger partial charge in [-0.3, -0.25) is 0 Å². The molecule has 2 nitrogen and oxygen atoms in total. The lowest BCUT2D eigenvalue weighted by molar-refractivity contribution is 0.148. The molecule has 1 N–H and O–H groups in total. The van der Waals surface area contributed by atoms with Crippen molar-refractivity contribution in [3.8, 4) is 0 Å². The molecule has 0 spiro atoms. The maximum atomic E-state index is 3.92. The molecule has 106 valence electrons. The quantitative estimate of drug-likeness (QED) is 0.825. The molecule has 1 saturated heterocycles. The summed E-state index contributed by atoms with van der Waals surface area (Å²) in [5.74, 6) is 0.946. The van der Waals surface area contributed by atoms with Crippen molar-refractivity contribution in [1.82, 2.24) is 10.2 Å². The molecule has 2 rings (SSSR count). The van der Waals surface area contributed by atoms with Gasteiger partial charge in [-0.15, -0.1) is 0 Å². The Balaban J connectivity index is 1.70. The Labute approximate surface area is 114 Å². The molecule has 0 aromatic heterocycles. The van der Waals surface area contributed by atoms with Gasteiger partial charge in [-0.05, 0) is 65.5 Å². The van der Waals surface area contributed by atoms with Crippen LogP contribution in [-0.4, -0.2) is 36.1 Å². The first kappa shape index (κ1) is 14.3. The molecule has 1 heterocycles. The zero-order chi connectivity index (χ0) is 13.0. The van der Waals surface area contributed by atoms with Crippen LogP contribution in [0.3, 0.4) is 0 Å². The van der Waals surface area contributed by atoms with Crippen LogP contribution in [0.25, 0.3) is 0 Å². The normalized spacial score (nSPS) is 26.7. The molecule has 0 aromatic carbocycles. The van der Waals surface area contributed by atoms with E-state index in [1.807, 2.05) is 0 Å². The Morgan fingerprint density at radius 1 is 0.889 bits per heavy atom. The molecule has 1 aliphatic carbocycles. The first-order chi connectivity index (χ1) is 8.66. The summed E-state index contributed by atoms with van der Waals surface area (Å²) in [6.45, 7) is 9.63. The van der Waals surface area contributed by atoms with Crippen molar-refractivity contribution in [2.24, 2.45) is 5.92 Å². The van der Waals surface area contributed by atoms with Crippen LogP contribution in [0.2, 0.25) is 0 Å². The molecule has 2 heteroatoms. The lowest BCUT2D eigenvalue weighted by atomic mass is 9.84. The topological polar surface area (TPSA) is 15.3 Å². The molecule has 1 saturated carbocycles. The second-order valence-corrected chi connectivity index (χ2v) is 6.76. The van der Waals surface area contributed by atoms with Gasteiger partial charge < -0.3 is 10.2 Å². The predicted octanol–water partition coefficient (Wildman–Crippen LogP) is 3.42. The van der Waals surface area contributed by atoms with Crippen LogP contribution in [0, 0.1) is 5.92 Å². The first-order valence-corrected chi connectivity index (χ1v) is 8.17. The fourth-order valence-corrected chi connectivity index (χ4v) is 3.72. The lowest BCUT2D eigenvalue weighted by Crippen LogP contribution is -2.49. The summed E-state index contributed by atoms with van der Waals surface area (Å²) in [5, 5.41) is 3.92. The number of hydrogen-bond donors (Lipinski definition) is 1. The third-order valence-corrected chi connectivity index (χ3v) is 5.12. The Morgan fingerprint density at radius 3 is 2.06 bits per heavy atom. The standard InChI is InChI=1S/C16H32N2/c1-13(2)18-11-9-16(10-12-18)17-14(3)15-7-5-4-6-8-15/h13-17H,4-12H2,1-3H3. The Bertz CT molecular complexity index is 225. The summed E-state index contributed by atoms with van der Waals surface area (Å²) >= 11 is 0.